The molecule has 0 saturated heterocycles. The zero-order valence-corrected chi connectivity index (χ0v) is 7.12. The number of nitrogens with zero attached hydrogens (tertiary/aromatic N) is 2. The van der Waals surface area contributed by atoms with Crippen LogP contribution in [0.5, 0.6) is 0 Å². The van der Waals surface area contributed by atoms with Crippen molar-refractivity contribution >= 4 is 23.5 Å². The largest absolute Gasteiger partial charge is 0.296 e. The number of carbonyl (C=O) groups is 1. The van der Waals surface area contributed by atoms with Crippen LogP contribution in [-0.2, 0) is 0 Å². The minimum atomic E-state index is -0.502. The fraction of sp³-hybridized carbons (Fsp3) is 0. The van der Waals surface area contributed by atoms with E-state index in [1.54, 1.807) is 0 Å². The van der Waals surface area contributed by atoms with Gasteiger partial charge in [-0.2, -0.15) is 0 Å². The number of imidazole rings is 1. The Morgan fingerprint density at radius 1 is 1.62 bits per heavy atom. The van der Waals surface area contributed by atoms with E-state index in [0.717, 1.165) is 0 Å². The molecule has 0 N–H and O–H groups in total. The molecular weight excluding hydrogens is 195 g/mol. The normalized spacial score (nSPS) is 10.6. The quantitative estimate of drug-likeness (QED) is 0.657. The molecule has 66 valence electrons. The Morgan fingerprint density at radius 3 is 3.08 bits per heavy atom. The second-order valence-corrected chi connectivity index (χ2v) is 2.81. The molecule has 3 nitrogen and oxygen atoms in total. The van der Waals surface area contributed by atoms with Gasteiger partial charge in [-0.3, -0.25) is 9.20 Å². The van der Waals surface area contributed by atoms with Crippen LogP contribution in [0.15, 0.2) is 18.3 Å². The number of carbonyl (C=O) groups excluding carboxylic acids is 1. The highest BCUT2D eigenvalue weighted by molar-refractivity contribution is 6.31. The number of rotatable bonds is 1. The van der Waals surface area contributed by atoms with Gasteiger partial charge in [0.2, 0.25) is 0 Å². The number of hydrogen-bond acceptors (Lipinski definition) is 2. The number of aldehydes is 1. The van der Waals surface area contributed by atoms with Crippen LogP contribution in [0.1, 0.15) is 10.5 Å². The fourth-order valence-corrected chi connectivity index (χ4v) is 1.35. The van der Waals surface area contributed by atoms with Crippen LogP contribution in [0, 0.1) is 5.82 Å². The molecule has 0 radical (unpaired) electrons. The van der Waals surface area contributed by atoms with Gasteiger partial charge in [0, 0.05) is 6.20 Å². The molecule has 0 amide bonds. The molecule has 0 fully saturated rings. The van der Waals surface area contributed by atoms with Gasteiger partial charge in [0.25, 0.3) is 0 Å². The van der Waals surface area contributed by atoms with Gasteiger partial charge < -0.3 is 0 Å². The van der Waals surface area contributed by atoms with Crippen molar-refractivity contribution in [3.8, 4) is 0 Å². The molecule has 0 aliphatic rings. The maximum atomic E-state index is 13.1. The number of halogens is 2. The Hall–Kier alpha value is -1.42. The monoisotopic (exact) mass is 198 g/mol. The van der Waals surface area contributed by atoms with Gasteiger partial charge in [-0.25, -0.2) is 9.37 Å². The predicted molar refractivity (Wildman–Crippen MR) is 45.5 cm³/mol. The third kappa shape index (κ3) is 1.10. The van der Waals surface area contributed by atoms with Gasteiger partial charge in [0.05, 0.1) is 0 Å². The van der Waals surface area contributed by atoms with Gasteiger partial charge >= 0.3 is 0 Å². The van der Waals surface area contributed by atoms with E-state index in [0.29, 0.717) is 6.29 Å². The van der Waals surface area contributed by atoms with Crippen LogP contribution in [0.4, 0.5) is 4.39 Å². The van der Waals surface area contributed by atoms with E-state index in [4.69, 9.17) is 11.6 Å². The lowest BCUT2D eigenvalue weighted by Gasteiger charge is -1.93. The van der Waals surface area contributed by atoms with Crippen molar-refractivity contribution in [1.82, 2.24) is 9.38 Å². The first-order valence-corrected chi connectivity index (χ1v) is 3.89. The van der Waals surface area contributed by atoms with Crippen LogP contribution in [-0.4, -0.2) is 15.7 Å². The maximum absolute atomic E-state index is 13.1. The smallest absolute Gasteiger partial charge is 0.175 e. The van der Waals surface area contributed by atoms with Crippen LogP contribution in [0.25, 0.3) is 5.65 Å². The molecule has 2 heterocycles. The minimum absolute atomic E-state index is 0.0140. The molecule has 0 bridgehead atoms. The van der Waals surface area contributed by atoms with Crippen molar-refractivity contribution in [3.05, 3.63) is 35.0 Å². The van der Waals surface area contributed by atoms with Crippen LogP contribution < -0.4 is 0 Å². The molecule has 0 aliphatic heterocycles. The molecule has 2 rings (SSSR count). The summed E-state index contributed by atoms with van der Waals surface area (Å²) in [5.74, 6) is -0.502. The first-order chi connectivity index (χ1) is 6.24. The van der Waals surface area contributed by atoms with Crippen molar-refractivity contribution < 1.29 is 9.18 Å². The number of aromatic nitrogens is 2. The van der Waals surface area contributed by atoms with Crippen molar-refractivity contribution in [1.29, 1.82) is 0 Å². The van der Waals surface area contributed by atoms with Crippen molar-refractivity contribution in [2.24, 2.45) is 0 Å². The van der Waals surface area contributed by atoms with E-state index >= 15 is 0 Å². The van der Waals surface area contributed by atoms with E-state index < -0.39 is 5.82 Å². The SMILES string of the molecule is O=Cc1c(Cl)nc2c(F)cccn12. The summed E-state index contributed by atoms with van der Waals surface area (Å²) >= 11 is 5.61. The number of fused-ring (bicyclic) bond motifs is 1. The Morgan fingerprint density at radius 2 is 2.38 bits per heavy atom. The summed E-state index contributed by atoms with van der Waals surface area (Å²) in [5, 5.41) is 0.0140. The second kappa shape index (κ2) is 2.81. The van der Waals surface area contributed by atoms with Crippen LogP contribution in [0.3, 0.4) is 0 Å². The molecular formula is C8H4ClFN2O. The highest BCUT2D eigenvalue weighted by Gasteiger charge is 2.11. The highest BCUT2D eigenvalue weighted by atomic mass is 35.5. The van der Waals surface area contributed by atoms with Gasteiger partial charge in [-0.1, -0.05) is 11.6 Å². The lowest BCUT2D eigenvalue weighted by molar-refractivity contribution is 0.111. The van der Waals surface area contributed by atoms with Crippen LogP contribution >= 0.6 is 11.6 Å². The Kier molecular flexibility index (Phi) is 1.77. The third-order valence-corrected chi connectivity index (χ3v) is 1.98. The molecule has 2 aromatic rings. The van der Waals surface area contributed by atoms with Gasteiger partial charge in [-0.05, 0) is 12.1 Å². The van der Waals surface area contributed by atoms with E-state index in [2.05, 4.69) is 4.98 Å². The minimum Gasteiger partial charge on any atom is -0.296 e. The van der Waals surface area contributed by atoms with E-state index in [1.165, 1.54) is 22.7 Å². The van der Waals surface area contributed by atoms with Crippen LogP contribution in [0.2, 0.25) is 5.15 Å². The van der Waals surface area contributed by atoms with Gasteiger partial charge in [0.1, 0.15) is 5.69 Å². The molecule has 0 unspecified atom stereocenters. The molecule has 13 heavy (non-hydrogen) atoms. The Balaban J connectivity index is 2.93. The lowest BCUT2D eigenvalue weighted by Crippen LogP contribution is -1.91. The van der Waals surface area contributed by atoms with Gasteiger partial charge in [-0.15, -0.1) is 0 Å². The topological polar surface area (TPSA) is 34.4 Å². The average molecular weight is 199 g/mol. The standard InChI is InChI=1S/C8H4ClFN2O/c9-7-6(4-13)12-3-1-2-5(10)8(12)11-7/h1-4H. The summed E-state index contributed by atoms with van der Waals surface area (Å²) in [5.41, 5.74) is 0.228. The molecule has 0 saturated carbocycles. The zero-order valence-electron chi connectivity index (χ0n) is 6.37. The summed E-state index contributed by atoms with van der Waals surface area (Å²) < 4.78 is 14.4. The molecule has 0 atom stereocenters. The lowest BCUT2D eigenvalue weighted by atomic mass is 10.4. The van der Waals surface area contributed by atoms with E-state index in [9.17, 15) is 9.18 Å². The number of hydrogen-bond donors (Lipinski definition) is 0. The van der Waals surface area contributed by atoms with Crippen molar-refractivity contribution in [3.63, 3.8) is 0 Å². The number of pyridine rings is 1. The van der Waals surface area contributed by atoms with Crippen molar-refractivity contribution in [2.75, 3.05) is 0 Å². The van der Waals surface area contributed by atoms with Gasteiger partial charge in [0.15, 0.2) is 22.9 Å². The Labute approximate surface area is 77.8 Å². The maximum Gasteiger partial charge on any atom is 0.175 e. The van der Waals surface area contributed by atoms with E-state index in [1.807, 2.05) is 0 Å². The summed E-state index contributed by atoms with van der Waals surface area (Å²) in [6.45, 7) is 0. The average Bonchev–Trinajstić information content (AvgIpc) is 2.43. The zero-order chi connectivity index (χ0) is 9.42. The Bertz CT molecular complexity index is 480. The molecule has 0 aliphatic carbocycles. The third-order valence-electron chi connectivity index (χ3n) is 1.71. The summed E-state index contributed by atoms with van der Waals surface area (Å²) in [6, 6.07) is 2.74. The molecule has 0 spiro atoms. The molecule has 0 aromatic carbocycles. The molecule has 5 heteroatoms. The van der Waals surface area contributed by atoms with Crippen molar-refractivity contribution in [2.45, 2.75) is 0 Å². The summed E-state index contributed by atoms with van der Waals surface area (Å²) in [7, 11) is 0. The van der Waals surface area contributed by atoms with E-state index in [-0.39, 0.29) is 16.5 Å². The second-order valence-electron chi connectivity index (χ2n) is 2.46. The fourth-order valence-electron chi connectivity index (χ4n) is 1.13. The highest BCUT2D eigenvalue weighted by Crippen LogP contribution is 2.17. The first kappa shape index (κ1) is 8.19. The summed E-state index contributed by atoms with van der Waals surface area (Å²) in [4.78, 5) is 14.3. The molecule has 2 aromatic heterocycles. The summed E-state index contributed by atoms with van der Waals surface area (Å²) in [6.07, 6.45) is 2.07. The predicted octanol–water partition coefficient (Wildman–Crippen LogP) is 1.94. The first-order valence-electron chi connectivity index (χ1n) is 3.51.